The molecule has 136 valence electrons. The van der Waals surface area contributed by atoms with Gasteiger partial charge in [0.25, 0.3) is 0 Å². The van der Waals surface area contributed by atoms with Crippen LogP contribution in [0.4, 0.5) is 0 Å². The summed E-state index contributed by atoms with van der Waals surface area (Å²) in [6.45, 7) is 12.7. The Morgan fingerprint density at radius 1 is 0.826 bits per heavy atom. The van der Waals surface area contributed by atoms with Gasteiger partial charge in [-0.25, -0.2) is 0 Å². The van der Waals surface area contributed by atoms with Gasteiger partial charge in [-0.05, 0) is 0 Å². The van der Waals surface area contributed by atoms with Gasteiger partial charge in [0, 0.05) is 0 Å². The third-order valence-corrected chi connectivity index (χ3v) is 20.6. The van der Waals surface area contributed by atoms with E-state index in [1.165, 1.54) is 38.5 Å². The minimum atomic E-state index is -1.26. The maximum absolute atomic E-state index is 2.84. The molecule has 0 spiro atoms. The maximum atomic E-state index is 2.84. The quantitative estimate of drug-likeness (QED) is 0.393. The fraction of sp³-hybridized carbons (Fsp3) is 1.00. The Morgan fingerprint density at radius 2 is 1.26 bits per heavy atom. The van der Waals surface area contributed by atoms with Crippen molar-refractivity contribution in [2.45, 2.75) is 102 Å². The van der Waals surface area contributed by atoms with Gasteiger partial charge in [0.15, 0.2) is 0 Å². The molecule has 2 heterocycles. The third-order valence-electron chi connectivity index (χ3n) is 7.56. The van der Waals surface area contributed by atoms with Crippen LogP contribution in [0, 0.1) is 0 Å². The monoisotopic (exact) mass is 357 g/mol. The van der Waals surface area contributed by atoms with E-state index < -0.39 is 7.14 Å². The van der Waals surface area contributed by atoms with Gasteiger partial charge in [-0.1, -0.05) is 0 Å². The second-order valence-electron chi connectivity index (χ2n) is 8.64. The fourth-order valence-electron chi connectivity index (χ4n) is 6.42. The van der Waals surface area contributed by atoms with E-state index in [0.29, 0.717) is 0 Å². The van der Waals surface area contributed by atoms with Crippen LogP contribution in [0.5, 0.6) is 0 Å². The molecule has 2 saturated heterocycles. The Bertz CT molecular complexity index is 352. The van der Waals surface area contributed by atoms with Crippen molar-refractivity contribution in [3.05, 3.63) is 0 Å². The third kappa shape index (κ3) is 3.57. The second-order valence-corrected chi connectivity index (χ2v) is 16.9. The molecule has 0 aromatic rings. The van der Waals surface area contributed by atoms with Crippen molar-refractivity contribution in [1.82, 2.24) is 4.81 Å². The second kappa shape index (κ2) is 8.51. The first kappa shape index (κ1) is 20.2. The Kier molecular flexibility index (Phi) is 7.48. The molecule has 0 aromatic heterocycles. The zero-order valence-electron chi connectivity index (χ0n) is 16.9. The van der Waals surface area contributed by atoms with Crippen LogP contribution in [0.1, 0.15) is 79.1 Å². The topological polar surface area (TPSA) is 3.24 Å². The van der Waals surface area contributed by atoms with Crippen molar-refractivity contribution in [2.75, 3.05) is 20.8 Å². The summed E-state index contributed by atoms with van der Waals surface area (Å²) in [5, 5.41) is 0. The molecule has 0 amide bonds. The van der Waals surface area contributed by atoms with E-state index in [2.05, 4.69) is 53.3 Å². The zero-order chi connectivity index (χ0) is 17.2. The molecular formula is C19H42BNP2. The molecule has 4 heteroatoms. The summed E-state index contributed by atoms with van der Waals surface area (Å²) in [7, 11) is 3.79. The van der Waals surface area contributed by atoms with Crippen molar-refractivity contribution in [2.24, 2.45) is 0 Å². The molecule has 0 unspecified atom stereocenters. The summed E-state index contributed by atoms with van der Waals surface area (Å²) in [6, 6.07) is 0. The van der Waals surface area contributed by atoms with Crippen LogP contribution in [-0.4, -0.2) is 54.5 Å². The molecule has 0 aromatic carbocycles. The van der Waals surface area contributed by atoms with E-state index >= 15 is 0 Å². The SMILES string of the molecule is CC[C@@H]1CC[C@@H](CC)P1B(N(C)C)[PH]1(C)[C@H](CC)CC[C@H]1CC. The number of hydrogen-bond acceptors (Lipinski definition) is 1. The van der Waals surface area contributed by atoms with Gasteiger partial charge < -0.3 is 0 Å². The van der Waals surface area contributed by atoms with E-state index in [4.69, 9.17) is 0 Å². The van der Waals surface area contributed by atoms with Gasteiger partial charge in [-0.2, -0.15) is 0 Å². The van der Waals surface area contributed by atoms with Gasteiger partial charge in [-0.15, -0.1) is 0 Å². The predicted octanol–water partition coefficient (Wildman–Crippen LogP) is 6.10. The Hall–Kier alpha value is 0.885. The molecule has 2 aliphatic rings. The van der Waals surface area contributed by atoms with Crippen LogP contribution in [0.25, 0.3) is 0 Å². The van der Waals surface area contributed by atoms with Crippen molar-refractivity contribution in [1.29, 1.82) is 0 Å². The van der Waals surface area contributed by atoms with Crippen LogP contribution in [0.2, 0.25) is 0 Å². The molecule has 0 aliphatic carbocycles. The molecule has 2 fully saturated rings. The average Bonchev–Trinajstić information content (AvgIpc) is 3.07. The van der Waals surface area contributed by atoms with E-state index in [1.807, 2.05) is 0 Å². The molecule has 0 bridgehead atoms. The summed E-state index contributed by atoms with van der Waals surface area (Å²) >= 11 is 0. The summed E-state index contributed by atoms with van der Waals surface area (Å²) in [5.74, 6) is 0. The first-order chi connectivity index (χ1) is 10.9. The molecule has 1 nitrogen and oxygen atoms in total. The summed E-state index contributed by atoms with van der Waals surface area (Å²) in [4.78, 5) is 2.74. The molecule has 2 rings (SSSR count). The molecular weight excluding hydrogens is 315 g/mol. The Labute approximate surface area is 148 Å². The molecule has 23 heavy (non-hydrogen) atoms. The van der Waals surface area contributed by atoms with Crippen LogP contribution in [0.3, 0.4) is 0 Å². The molecule has 0 radical (unpaired) electrons. The average molecular weight is 357 g/mol. The van der Waals surface area contributed by atoms with Gasteiger partial charge in [-0.3, -0.25) is 0 Å². The van der Waals surface area contributed by atoms with Gasteiger partial charge in [0.05, 0.1) is 0 Å². The first-order valence-corrected chi connectivity index (χ1v) is 14.7. The minimum absolute atomic E-state index is 0.188. The number of nitrogens with zero attached hydrogens (tertiary/aromatic N) is 1. The van der Waals surface area contributed by atoms with Crippen LogP contribution < -0.4 is 0 Å². The van der Waals surface area contributed by atoms with Crippen molar-refractivity contribution < 1.29 is 0 Å². The first-order valence-electron chi connectivity index (χ1n) is 10.4. The zero-order valence-corrected chi connectivity index (χ0v) is 18.8. The van der Waals surface area contributed by atoms with Gasteiger partial charge in [0.2, 0.25) is 0 Å². The van der Waals surface area contributed by atoms with E-state index in [9.17, 15) is 0 Å². The summed E-state index contributed by atoms with van der Waals surface area (Å²) < 4.78 is 0. The standard InChI is InChI=1S/C19H42BNP2/c1-8-16-12-13-17(9-2)22(16)20(21(5)6)23(7)18(10-3)14-15-19(23)11-4/h16-19,23H,8-15H2,1-7H3/t16-,17-,18-,19-/m1/s1. The van der Waals surface area contributed by atoms with E-state index in [0.717, 1.165) is 28.9 Å². The molecule has 0 saturated carbocycles. The van der Waals surface area contributed by atoms with Gasteiger partial charge >= 0.3 is 148 Å². The molecule has 0 N–H and O–H groups in total. The van der Waals surface area contributed by atoms with Crippen LogP contribution in [0.15, 0.2) is 0 Å². The van der Waals surface area contributed by atoms with Crippen molar-refractivity contribution in [3.63, 3.8) is 0 Å². The summed E-state index contributed by atoms with van der Waals surface area (Å²) in [5.41, 5.74) is 4.28. The fourth-order valence-corrected chi connectivity index (χ4v) is 21.1. The number of hydrogen-bond donors (Lipinski definition) is 0. The molecule has 4 atom stereocenters. The Balaban J connectivity index is 2.43. The van der Waals surface area contributed by atoms with E-state index in [1.54, 1.807) is 12.8 Å². The number of rotatable bonds is 7. The molecule has 2 aliphatic heterocycles. The normalized spacial score (nSPS) is 35.8. The predicted molar refractivity (Wildman–Crippen MR) is 115 cm³/mol. The summed E-state index contributed by atoms with van der Waals surface area (Å²) in [6.07, 6.45) is 12.9. The Morgan fingerprint density at radius 3 is 1.57 bits per heavy atom. The van der Waals surface area contributed by atoms with E-state index in [-0.39, 0.29) is 7.80 Å². The van der Waals surface area contributed by atoms with Gasteiger partial charge in [0.1, 0.15) is 0 Å². The van der Waals surface area contributed by atoms with Crippen molar-refractivity contribution >= 4 is 21.2 Å². The van der Waals surface area contributed by atoms with Crippen molar-refractivity contribution in [3.8, 4) is 0 Å². The van der Waals surface area contributed by atoms with Crippen LogP contribution in [-0.2, 0) is 0 Å². The van der Waals surface area contributed by atoms with Crippen LogP contribution >= 0.6 is 14.9 Å².